The third-order valence-electron chi connectivity index (χ3n) is 9.93. The number of rotatable bonds is 6. The fourth-order valence-corrected chi connectivity index (χ4v) is 7.40. The summed E-state index contributed by atoms with van der Waals surface area (Å²) in [5.74, 6) is 1.77. The minimum atomic E-state index is 0.565. The fraction of sp³-hybridized carbons (Fsp3) is 0. The van der Waals surface area contributed by atoms with Gasteiger partial charge in [-0.25, -0.2) is 15.0 Å². The van der Waals surface area contributed by atoms with E-state index in [1.165, 1.54) is 27.5 Å². The molecule has 0 N–H and O–H groups in total. The summed E-state index contributed by atoms with van der Waals surface area (Å²) in [6, 6.07) is 65.4. The van der Waals surface area contributed by atoms with Gasteiger partial charge in [0.1, 0.15) is 11.2 Å². The van der Waals surface area contributed by atoms with Crippen LogP contribution in [0.3, 0.4) is 0 Å². The van der Waals surface area contributed by atoms with E-state index < -0.39 is 0 Å². The van der Waals surface area contributed by atoms with Gasteiger partial charge in [0.05, 0.1) is 5.56 Å². The molecule has 0 unspecified atom stereocenters. The van der Waals surface area contributed by atoms with Gasteiger partial charge in [0, 0.05) is 21.9 Å². The molecule has 10 aromatic rings. The average Bonchev–Trinajstić information content (AvgIpc) is 3.63. The summed E-state index contributed by atoms with van der Waals surface area (Å²) in [6.45, 7) is 0. The van der Waals surface area contributed by atoms with Crippen LogP contribution in [0.4, 0.5) is 0 Å². The Hall–Kier alpha value is -7.17. The molecule has 0 aliphatic heterocycles. The molecule has 4 heteroatoms. The van der Waals surface area contributed by atoms with Gasteiger partial charge in [-0.05, 0) is 68.4 Å². The van der Waals surface area contributed by atoms with Gasteiger partial charge >= 0.3 is 0 Å². The van der Waals surface area contributed by atoms with E-state index >= 15 is 0 Å². The van der Waals surface area contributed by atoms with Gasteiger partial charge in [0.15, 0.2) is 17.5 Å². The Kier molecular flexibility index (Phi) is 7.43. The second-order valence-corrected chi connectivity index (χ2v) is 13.2. The first-order valence-electron chi connectivity index (χ1n) is 17.8. The second-order valence-electron chi connectivity index (χ2n) is 13.2. The molecule has 2 heterocycles. The number of furan rings is 1. The molecule has 2 aromatic heterocycles. The standard InChI is InChI=1S/C49H31N3O/c1-3-14-32(15-4-1)40-29-28-33-16-7-8-23-39(33)45(40)37-21-11-19-35(30-37)36-20-12-22-38(31-36)48-50-47(34-17-5-2-6-18-34)51-49(52-48)43-26-13-25-42-41-24-9-10-27-44(41)53-46(42)43/h1-31H. The van der Waals surface area contributed by atoms with Crippen LogP contribution in [0.1, 0.15) is 0 Å². The number of hydrogen-bond acceptors (Lipinski definition) is 4. The minimum Gasteiger partial charge on any atom is -0.455 e. The summed E-state index contributed by atoms with van der Waals surface area (Å²) >= 11 is 0. The fourth-order valence-electron chi connectivity index (χ4n) is 7.40. The first-order valence-corrected chi connectivity index (χ1v) is 17.8. The first-order chi connectivity index (χ1) is 26.3. The number of benzene rings is 8. The summed E-state index contributed by atoms with van der Waals surface area (Å²) in [4.78, 5) is 15.2. The minimum absolute atomic E-state index is 0.565. The number of aromatic nitrogens is 3. The van der Waals surface area contributed by atoms with Crippen molar-refractivity contribution >= 4 is 32.7 Å². The molecule has 0 saturated heterocycles. The molecule has 0 amide bonds. The summed E-state index contributed by atoms with van der Waals surface area (Å²) in [6.07, 6.45) is 0. The third-order valence-corrected chi connectivity index (χ3v) is 9.93. The van der Waals surface area contributed by atoms with Crippen molar-refractivity contribution in [3.05, 3.63) is 188 Å². The molecular formula is C49H31N3O. The normalized spacial score (nSPS) is 11.4. The number of fused-ring (bicyclic) bond motifs is 4. The zero-order valence-electron chi connectivity index (χ0n) is 28.6. The van der Waals surface area contributed by atoms with E-state index in [4.69, 9.17) is 19.4 Å². The van der Waals surface area contributed by atoms with Crippen LogP contribution in [-0.2, 0) is 0 Å². The summed E-state index contributed by atoms with van der Waals surface area (Å²) in [5, 5.41) is 4.54. The van der Waals surface area contributed by atoms with Gasteiger partial charge in [0.2, 0.25) is 0 Å². The number of para-hydroxylation sites is 2. The molecular weight excluding hydrogens is 647 g/mol. The highest BCUT2D eigenvalue weighted by molar-refractivity contribution is 6.09. The lowest BCUT2D eigenvalue weighted by Crippen LogP contribution is -2.00. The van der Waals surface area contributed by atoms with Gasteiger partial charge in [0.25, 0.3) is 0 Å². The smallest absolute Gasteiger partial charge is 0.167 e. The quantitative estimate of drug-likeness (QED) is 0.176. The lowest BCUT2D eigenvalue weighted by atomic mass is 9.88. The van der Waals surface area contributed by atoms with Crippen LogP contribution in [0.15, 0.2) is 192 Å². The second kappa shape index (κ2) is 12.9. The topological polar surface area (TPSA) is 51.8 Å². The Labute approximate surface area is 306 Å². The van der Waals surface area contributed by atoms with E-state index in [0.29, 0.717) is 17.5 Å². The molecule has 0 saturated carbocycles. The van der Waals surface area contributed by atoms with Gasteiger partial charge in [-0.3, -0.25) is 0 Å². The Bertz CT molecular complexity index is 2950. The predicted octanol–water partition coefficient (Wildman–Crippen LogP) is 12.9. The average molecular weight is 678 g/mol. The Morgan fingerprint density at radius 1 is 0.321 bits per heavy atom. The molecule has 0 bridgehead atoms. The van der Waals surface area contributed by atoms with E-state index in [-0.39, 0.29) is 0 Å². The first kappa shape index (κ1) is 30.6. The third kappa shape index (κ3) is 5.54. The molecule has 8 aromatic carbocycles. The molecule has 53 heavy (non-hydrogen) atoms. The number of hydrogen-bond donors (Lipinski definition) is 0. The zero-order chi connectivity index (χ0) is 35.1. The summed E-state index contributed by atoms with van der Waals surface area (Å²) < 4.78 is 6.42. The van der Waals surface area contributed by atoms with Crippen LogP contribution in [0.5, 0.6) is 0 Å². The van der Waals surface area contributed by atoms with Crippen LogP contribution < -0.4 is 0 Å². The maximum atomic E-state index is 6.42. The Morgan fingerprint density at radius 3 is 1.66 bits per heavy atom. The highest BCUT2D eigenvalue weighted by Gasteiger charge is 2.18. The van der Waals surface area contributed by atoms with Crippen LogP contribution in [0, 0.1) is 0 Å². The lowest BCUT2D eigenvalue weighted by Gasteiger charge is -2.15. The summed E-state index contributed by atoms with van der Waals surface area (Å²) in [5.41, 5.74) is 11.2. The molecule has 0 fully saturated rings. The van der Waals surface area contributed by atoms with Crippen molar-refractivity contribution in [2.75, 3.05) is 0 Å². The molecule has 0 aliphatic carbocycles. The van der Waals surface area contributed by atoms with Crippen molar-refractivity contribution in [1.82, 2.24) is 15.0 Å². The van der Waals surface area contributed by atoms with Gasteiger partial charge in [-0.15, -0.1) is 0 Å². The lowest BCUT2D eigenvalue weighted by molar-refractivity contribution is 0.669. The predicted molar refractivity (Wildman–Crippen MR) is 217 cm³/mol. The number of nitrogens with zero attached hydrogens (tertiary/aromatic N) is 3. The van der Waals surface area contributed by atoms with Crippen LogP contribution in [0.2, 0.25) is 0 Å². The van der Waals surface area contributed by atoms with Crippen LogP contribution in [-0.4, -0.2) is 15.0 Å². The highest BCUT2D eigenvalue weighted by atomic mass is 16.3. The maximum Gasteiger partial charge on any atom is 0.167 e. The largest absolute Gasteiger partial charge is 0.455 e. The monoisotopic (exact) mass is 677 g/mol. The van der Waals surface area contributed by atoms with Crippen molar-refractivity contribution in [2.24, 2.45) is 0 Å². The molecule has 10 rings (SSSR count). The van der Waals surface area contributed by atoms with Crippen LogP contribution >= 0.6 is 0 Å². The van der Waals surface area contributed by atoms with Crippen molar-refractivity contribution in [1.29, 1.82) is 0 Å². The highest BCUT2D eigenvalue weighted by Crippen LogP contribution is 2.40. The molecule has 0 aliphatic rings. The molecule has 0 radical (unpaired) electrons. The van der Waals surface area contributed by atoms with E-state index in [2.05, 4.69) is 127 Å². The zero-order valence-corrected chi connectivity index (χ0v) is 28.6. The Balaban J connectivity index is 1.12. The van der Waals surface area contributed by atoms with E-state index in [1.54, 1.807) is 0 Å². The summed E-state index contributed by atoms with van der Waals surface area (Å²) in [7, 11) is 0. The molecule has 248 valence electrons. The van der Waals surface area contributed by atoms with Gasteiger partial charge < -0.3 is 4.42 Å². The van der Waals surface area contributed by atoms with E-state index in [1.807, 2.05) is 60.7 Å². The van der Waals surface area contributed by atoms with Crippen molar-refractivity contribution in [2.45, 2.75) is 0 Å². The molecule has 0 spiro atoms. The van der Waals surface area contributed by atoms with Crippen LogP contribution in [0.25, 0.3) is 100 Å². The maximum absolute atomic E-state index is 6.42. The Morgan fingerprint density at radius 2 is 0.868 bits per heavy atom. The SMILES string of the molecule is c1ccc(-c2nc(-c3cccc(-c4cccc(-c5c(-c6ccccc6)ccc6ccccc56)c4)c3)nc(-c3cccc4c3oc3ccccc34)n2)cc1. The van der Waals surface area contributed by atoms with E-state index in [0.717, 1.165) is 55.3 Å². The van der Waals surface area contributed by atoms with E-state index in [9.17, 15) is 0 Å². The van der Waals surface area contributed by atoms with Gasteiger partial charge in [-0.2, -0.15) is 0 Å². The van der Waals surface area contributed by atoms with Crippen molar-refractivity contribution in [3.63, 3.8) is 0 Å². The molecule has 4 nitrogen and oxygen atoms in total. The van der Waals surface area contributed by atoms with Gasteiger partial charge in [-0.1, -0.05) is 164 Å². The molecule has 0 atom stereocenters. The van der Waals surface area contributed by atoms with Crippen molar-refractivity contribution in [3.8, 4) is 67.5 Å². The van der Waals surface area contributed by atoms with Crippen molar-refractivity contribution < 1.29 is 4.42 Å².